The molecule has 0 unspecified atom stereocenters. The number of para-hydroxylation sites is 1. The van der Waals surface area contributed by atoms with Crippen molar-refractivity contribution in [1.29, 1.82) is 0 Å². The van der Waals surface area contributed by atoms with Crippen molar-refractivity contribution in [1.82, 2.24) is 14.8 Å². The fourth-order valence-electron chi connectivity index (χ4n) is 2.69. The molecule has 0 aliphatic carbocycles. The van der Waals surface area contributed by atoms with E-state index in [0.717, 1.165) is 28.1 Å². The molecule has 0 spiro atoms. The number of hydrogen-bond acceptors (Lipinski definition) is 3. The predicted molar refractivity (Wildman–Crippen MR) is 87.2 cm³/mol. The molecule has 3 aromatic rings. The van der Waals surface area contributed by atoms with Crippen LogP contribution in [-0.2, 0) is 7.05 Å². The molecule has 5 heteroatoms. The molecule has 1 aromatic carbocycles. The molecule has 0 bridgehead atoms. The highest BCUT2D eigenvalue weighted by atomic mass is 16.2. The summed E-state index contributed by atoms with van der Waals surface area (Å²) in [5.74, 6) is -0.0576. The summed E-state index contributed by atoms with van der Waals surface area (Å²) in [7, 11) is 3.63. The Morgan fingerprint density at radius 2 is 1.86 bits per heavy atom. The van der Waals surface area contributed by atoms with Gasteiger partial charge in [0.05, 0.1) is 16.6 Å². The zero-order valence-corrected chi connectivity index (χ0v) is 13.2. The molecule has 0 saturated heterocycles. The van der Waals surface area contributed by atoms with Crippen molar-refractivity contribution in [2.24, 2.45) is 7.05 Å². The van der Waals surface area contributed by atoms with Gasteiger partial charge in [-0.2, -0.15) is 5.10 Å². The van der Waals surface area contributed by atoms with Crippen molar-refractivity contribution in [2.45, 2.75) is 13.8 Å². The highest BCUT2D eigenvalue weighted by Gasteiger charge is 2.21. The number of nitrogens with zero attached hydrogens (tertiary/aromatic N) is 4. The normalized spacial score (nSPS) is 10.9. The van der Waals surface area contributed by atoms with Crippen LogP contribution in [0.3, 0.4) is 0 Å². The van der Waals surface area contributed by atoms with Crippen molar-refractivity contribution in [3.05, 3.63) is 53.3 Å². The fourth-order valence-corrected chi connectivity index (χ4v) is 2.69. The molecule has 0 radical (unpaired) electrons. The quantitative estimate of drug-likeness (QED) is 0.730. The zero-order chi connectivity index (χ0) is 15.9. The Labute approximate surface area is 129 Å². The van der Waals surface area contributed by atoms with Crippen molar-refractivity contribution in [3.8, 4) is 0 Å². The maximum Gasteiger partial charge on any atom is 0.258 e. The van der Waals surface area contributed by atoms with Gasteiger partial charge < -0.3 is 4.90 Å². The van der Waals surface area contributed by atoms with Crippen LogP contribution in [0.4, 0.5) is 5.69 Å². The van der Waals surface area contributed by atoms with Crippen molar-refractivity contribution in [3.63, 3.8) is 0 Å². The monoisotopic (exact) mass is 294 g/mol. The average molecular weight is 294 g/mol. The third-order valence-electron chi connectivity index (χ3n) is 3.78. The Morgan fingerprint density at radius 1 is 1.18 bits per heavy atom. The highest BCUT2D eigenvalue weighted by Crippen LogP contribution is 2.24. The van der Waals surface area contributed by atoms with Crippen LogP contribution in [-0.4, -0.2) is 27.7 Å². The molecule has 0 saturated carbocycles. The molecule has 0 N–H and O–H groups in total. The first-order valence-corrected chi connectivity index (χ1v) is 7.13. The van der Waals surface area contributed by atoms with Gasteiger partial charge in [0.2, 0.25) is 0 Å². The number of amides is 1. The third-order valence-corrected chi connectivity index (χ3v) is 3.78. The molecule has 0 aliphatic rings. The first kappa shape index (κ1) is 14.3. The minimum Gasteiger partial charge on any atom is -0.311 e. The van der Waals surface area contributed by atoms with E-state index in [9.17, 15) is 4.79 Å². The van der Waals surface area contributed by atoms with Gasteiger partial charge >= 0.3 is 0 Å². The molecule has 22 heavy (non-hydrogen) atoms. The van der Waals surface area contributed by atoms with Crippen LogP contribution in [0.1, 0.15) is 21.7 Å². The Hall–Kier alpha value is -2.69. The summed E-state index contributed by atoms with van der Waals surface area (Å²) in [6.45, 7) is 3.79. The van der Waals surface area contributed by atoms with Crippen LogP contribution in [0.5, 0.6) is 0 Å². The second kappa shape index (κ2) is 5.26. The van der Waals surface area contributed by atoms with Gasteiger partial charge in [-0.1, -0.05) is 18.2 Å². The SMILES string of the molecule is Cc1cc(C(=O)N(C)c2ccccc2)c2c(C)nn(C)c2n1. The Morgan fingerprint density at radius 3 is 2.55 bits per heavy atom. The second-order valence-corrected chi connectivity index (χ2v) is 5.42. The summed E-state index contributed by atoms with van der Waals surface area (Å²) in [4.78, 5) is 19.1. The van der Waals surface area contributed by atoms with Gasteiger partial charge in [-0.15, -0.1) is 0 Å². The number of anilines is 1. The highest BCUT2D eigenvalue weighted by molar-refractivity contribution is 6.13. The smallest absolute Gasteiger partial charge is 0.258 e. The van der Waals surface area contributed by atoms with E-state index in [1.54, 1.807) is 16.6 Å². The van der Waals surface area contributed by atoms with Gasteiger partial charge in [0.25, 0.3) is 5.91 Å². The number of carbonyl (C=O) groups is 1. The van der Waals surface area contributed by atoms with Gasteiger partial charge in [0, 0.05) is 25.5 Å². The number of aromatic nitrogens is 3. The van der Waals surface area contributed by atoms with E-state index < -0.39 is 0 Å². The van der Waals surface area contributed by atoms with Crippen molar-refractivity contribution >= 4 is 22.6 Å². The lowest BCUT2D eigenvalue weighted by molar-refractivity contribution is 0.0994. The third kappa shape index (κ3) is 2.24. The molecule has 5 nitrogen and oxygen atoms in total. The number of benzene rings is 1. The van der Waals surface area contributed by atoms with E-state index in [-0.39, 0.29) is 5.91 Å². The molecular formula is C17H18N4O. The lowest BCUT2D eigenvalue weighted by Gasteiger charge is -2.18. The number of aryl methyl sites for hydroxylation is 3. The molecule has 3 rings (SSSR count). The second-order valence-electron chi connectivity index (χ2n) is 5.42. The average Bonchev–Trinajstić information content (AvgIpc) is 2.80. The number of hydrogen-bond donors (Lipinski definition) is 0. The lowest BCUT2D eigenvalue weighted by atomic mass is 10.1. The van der Waals surface area contributed by atoms with E-state index in [4.69, 9.17) is 0 Å². The zero-order valence-electron chi connectivity index (χ0n) is 13.2. The van der Waals surface area contributed by atoms with Gasteiger partial charge in [-0.05, 0) is 32.0 Å². The van der Waals surface area contributed by atoms with Crippen LogP contribution >= 0.6 is 0 Å². The van der Waals surface area contributed by atoms with Crippen molar-refractivity contribution in [2.75, 3.05) is 11.9 Å². The topological polar surface area (TPSA) is 51.0 Å². The molecule has 2 heterocycles. The lowest BCUT2D eigenvalue weighted by Crippen LogP contribution is -2.26. The van der Waals surface area contributed by atoms with Crippen molar-refractivity contribution < 1.29 is 4.79 Å². The van der Waals surface area contributed by atoms with Crippen LogP contribution in [0, 0.1) is 13.8 Å². The number of carbonyl (C=O) groups excluding carboxylic acids is 1. The van der Waals surface area contributed by atoms with E-state index in [0.29, 0.717) is 5.56 Å². The molecule has 0 atom stereocenters. The first-order valence-electron chi connectivity index (χ1n) is 7.13. The van der Waals surface area contributed by atoms with Gasteiger partial charge in [-0.3, -0.25) is 9.48 Å². The molecule has 0 fully saturated rings. The Kier molecular flexibility index (Phi) is 3.41. The Bertz CT molecular complexity index is 852. The maximum absolute atomic E-state index is 12.9. The molecule has 1 amide bonds. The largest absolute Gasteiger partial charge is 0.311 e. The first-order chi connectivity index (χ1) is 10.5. The molecular weight excluding hydrogens is 276 g/mol. The number of fused-ring (bicyclic) bond motifs is 1. The van der Waals surface area contributed by atoms with Gasteiger partial charge in [0.1, 0.15) is 0 Å². The molecule has 112 valence electrons. The summed E-state index contributed by atoms with van der Waals surface area (Å²) < 4.78 is 1.72. The summed E-state index contributed by atoms with van der Waals surface area (Å²) in [6.07, 6.45) is 0. The fraction of sp³-hybridized carbons (Fsp3) is 0.235. The van der Waals surface area contributed by atoms with Crippen LogP contribution in [0.2, 0.25) is 0 Å². The Balaban J connectivity index is 2.15. The van der Waals surface area contributed by atoms with E-state index >= 15 is 0 Å². The summed E-state index contributed by atoms with van der Waals surface area (Å²) in [6, 6.07) is 11.4. The van der Waals surface area contributed by atoms with Crippen LogP contribution < -0.4 is 4.90 Å². The standard InChI is InChI=1S/C17H18N4O/c1-11-10-14(15-12(2)19-21(4)16(15)18-11)17(22)20(3)13-8-6-5-7-9-13/h5-10H,1-4H3. The summed E-state index contributed by atoms with van der Waals surface area (Å²) in [5.41, 5.74) is 3.86. The molecule has 2 aromatic heterocycles. The number of pyridine rings is 1. The van der Waals surface area contributed by atoms with E-state index in [1.807, 2.05) is 57.3 Å². The van der Waals surface area contributed by atoms with E-state index in [1.165, 1.54) is 0 Å². The van der Waals surface area contributed by atoms with Gasteiger partial charge in [0.15, 0.2) is 5.65 Å². The molecule has 0 aliphatic heterocycles. The predicted octanol–water partition coefficient (Wildman–Crippen LogP) is 2.86. The van der Waals surface area contributed by atoms with Crippen LogP contribution in [0.25, 0.3) is 11.0 Å². The van der Waals surface area contributed by atoms with Gasteiger partial charge in [-0.25, -0.2) is 4.98 Å². The van der Waals surface area contributed by atoms with Crippen LogP contribution in [0.15, 0.2) is 36.4 Å². The van der Waals surface area contributed by atoms with E-state index in [2.05, 4.69) is 10.1 Å². The minimum atomic E-state index is -0.0576. The summed E-state index contributed by atoms with van der Waals surface area (Å²) in [5, 5.41) is 5.21. The number of rotatable bonds is 2. The maximum atomic E-state index is 12.9. The minimum absolute atomic E-state index is 0.0576. The summed E-state index contributed by atoms with van der Waals surface area (Å²) >= 11 is 0.